The Balaban J connectivity index is 1.69. The summed E-state index contributed by atoms with van der Waals surface area (Å²) in [4.78, 5) is 14.3. The molecule has 0 saturated carbocycles. The van der Waals surface area contributed by atoms with Crippen molar-refractivity contribution in [2.45, 2.75) is 15.8 Å². The molecule has 144 valence electrons. The monoisotopic (exact) mass is 452 g/mol. The summed E-state index contributed by atoms with van der Waals surface area (Å²) in [5.41, 5.74) is -3.14. The number of nitrogens with zero attached hydrogens (tertiary/aromatic N) is 1. The number of benzene rings is 2. The number of hydrogen-bond acceptors (Lipinski definition) is 3. The minimum atomic E-state index is -4.34. The van der Waals surface area contributed by atoms with Gasteiger partial charge in [0, 0.05) is 38.5 Å². The summed E-state index contributed by atoms with van der Waals surface area (Å²) in [7, 11) is 0. The Morgan fingerprint density at radius 3 is 2.52 bits per heavy atom. The van der Waals surface area contributed by atoms with Crippen LogP contribution in [0.5, 0.6) is 0 Å². The summed E-state index contributed by atoms with van der Waals surface area (Å²) in [5, 5.41) is 3.46. The van der Waals surface area contributed by atoms with Crippen LogP contribution in [0.4, 0.5) is 23.7 Å². The third kappa shape index (κ3) is 5.40. The molecule has 1 heterocycles. The van der Waals surface area contributed by atoms with Crippen LogP contribution >= 0.6 is 46.7 Å². The van der Waals surface area contributed by atoms with Gasteiger partial charge >= 0.3 is 11.5 Å². The molecule has 0 aromatic heterocycles. The smallest absolute Gasteiger partial charge is 0.308 e. The van der Waals surface area contributed by atoms with Gasteiger partial charge in [0.2, 0.25) is 0 Å². The van der Waals surface area contributed by atoms with E-state index in [1.807, 2.05) is 0 Å². The van der Waals surface area contributed by atoms with Gasteiger partial charge in [0.05, 0.1) is 0 Å². The third-order valence-corrected chi connectivity index (χ3v) is 6.26. The number of thioether (sulfide) groups is 2. The van der Waals surface area contributed by atoms with Gasteiger partial charge < -0.3 is 10.2 Å². The van der Waals surface area contributed by atoms with E-state index in [0.717, 1.165) is 11.3 Å². The van der Waals surface area contributed by atoms with Crippen molar-refractivity contribution in [1.82, 2.24) is 4.90 Å². The first-order valence-corrected chi connectivity index (χ1v) is 10.3. The normalized spacial score (nSPS) is 17.2. The van der Waals surface area contributed by atoms with Gasteiger partial charge in [0.1, 0.15) is 5.37 Å². The summed E-state index contributed by atoms with van der Waals surface area (Å²) in [5.74, 6) is 0.748. The molecule has 0 radical (unpaired) electrons. The van der Waals surface area contributed by atoms with Crippen molar-refractivity contribution in [3.8, 4) is 0 Å². The topological polar surface area (TPSA) is 32.3 Å². The molecule has 1 fully saturated rings. The SMILES string of the molecule is O=C(Nc1ccc(SC(F)(F)F)cc1)N1CCSC1c1ccc(Cl)cc1Cl. The highest BCUT2D eigenvalue weighted by Gasteiger charge is 2.32. The minimum Gasteiger partial charge on any atom is -0.308 e. The van der Waals surface area contributed by atoms with E-state index < -0.39 is 5.51 Å². The summed E-state index contributed by atoms with van der Waals surface area (Å²) >= 11 is 13.6. The van der Waals surface area contributed by atoms with Crippen molar-refractivity contribution in [3.05, 3.63) is 58.1 Å². The highest BCUT2D eigenvalue weighted by atomic mass is 35.5. The van der Waals surface area contributed by atoms with Crippen LogP contribution in [0.3, 0.4) is 0 Å². The number of amides is 2. The van der Waals surface area contributed by atoms with Gasteiger partial charge in [-0.1, -0.05) is 29.3 Å². The lowest BCUT2D eigenvalue weighted by Crippen LogP contribution is -2.34. The van der Waals surface area contributed by atoms with Gasteiger partial charge in [-0.05, 0) is 48.2 Å². The van der Waals surface area contributed by atoms with Crippen LogP contribution in [0.15, 0.2) is 47.4 Å². The molecule has 3 rings (SSSR count). The zero-order valence-electron chi connectivity index (χ0n) is 13.6. The molecule has 1 unspecified atom stereocenters. The number of hydrogen-bond donors (Lipinski definition) is 1. The summed E-state index contributed by atoms with van der Waals surface area (Å²) in [6.07, 6.45) is 0. The Hall–Kier alpha value is -1.22. The molecule has 1 saturated heterocycles. The van der Waals surface area contributed by atoms with Crippen molar-refractivity contribution in [2.24, 2.45) is 0 Å². The highest BCUT2D eigenvalue weighted by molar-refractivity contribution is 8.00. The average Bonchev–Trinajstić information content (AvgIpc) is 3.05. The van der Waals surface area contributed by atoms with E-state index >= 15 is 0 Å². The summed E-state index contributed by atoms with van der Waals surface area (Å²) in [6, 6.07) is 10.3. The molecule has 10 heteroatoms. The number of anilines is 1. The lowest BCUT2D eigenvalue weighted by molar-refractivity contribution is -0.0328. The van der Waals surface area contributed by atoms with Gasteiger partial charge in [-0.15, -0.1) is 11.8 Å². The van der Waals surface area contributed by atoms with E-state index in [-0.39, 0.29) is 28.1 Å². The van der Waals surface area contributed by atoms with E-state index in [0.29, 0.717) is 22.3 Å². The molecule has 2 aromatic rings. The van der Waals surface area contributed by atoms with Crippen LogP contribution in [0, 0.1) is 0 Å². The maximum Gasteiger partial charge on any atom is 0.446 e. The van der Waals surface area contributed by atoms with Crippen LogP contribution in [0.1, 0.15) is 10.9 Å². The maximum absolute atomic E-state index is 12.6. The predicted molar refractivity (Wildman–Crippen MR) is 106 cm³/mol. The molecule has 1 atom stereocenters. The van der Waals surface area contributed by atoms with Crippen LogP contribution in [-0.2, 0) is 0 Å². The molecule has 1 aliphatic rings. The van der Waals surface area contributed by atoms with E-state index in [9.17, 15) is 18.0 Å². The van der Waals surface area contributed by atoms with Crippen LogP contribution < -0.4 is 5.32 Å². The van der Waals surface area contributed by atoms with Crippen molar-refractivity contribution < 1.29 is 18.0 Å². The molecule has 1 N–H and O–H groups in total. The molecule has 2 amide bonds. The maximum atomic E-state index is 12.6. The molecular weight excluding hydrogens is 440 g/mol. The van der Waals surface area contributed by atoms with Crippen molar-refractivity contribution in [3.63, 3.8) is 0 Å². The standard InChI is InChI=1S/C17H13Cl2F3N2OS2/c18-10-1-6-13(14(19)9-10)15-24(7-8-26-15)16(25)23-11-2-4-12(5-3-11)27-17(20,21)22/h1-6,9,15H,7-8H2,(H,23,25). The molecule has 0 aliphatic carbocycles. The number of nitrogens with one attached hydrogen (secondary N) is 1. The fourth-order valence-corrected chi connectivity index (χ4v) is 4.98. The summed E-state index contributed by atoms with van der Waals surface area (Å²) < 4.78 is 37.2. The van der Waals surface area contributed by atoms with E-state index in [4.69, 9.17) is 23.2 Å². The second-order valence-electron chi connectivity index (χ2n) is 5.58. The molecule has 3 nitrogen and oxygen atoms in total. The van der Waals surface area contributed by atoms with Gasteiger partial charge in [-0.3, -0.25) is 0 Å². The predicted octanol–water partition coefficient (Wildman–Crippen LogP) is 6.88. The number of halogens is 5. The van der Waals surface area contributed by atoms with Gasteiger partial charge in [0.25, 0.3) is 0 Å². The van der Waals surface area contributed by atoms with Crippen molar-refractivity contribution >= 4 is 58.4 Å². The first kappa shape index (κ1) is 20.5. The first-order chi connectivity index (χ1) is 12.7. The summed E-state index contributed by atoms with van der Waals surface area (Å²) in [6.45, 7) is 0.530. The molecular formula is C17H13Cl2F3N2OS2. The largest absolute Gasteiger partial charge is 0.446 e. The Labute approximate surface area is 172 Å². The quantitative estimate of drug-likeness (QED) is 0.514. The van der Waals surface area contributed by atoms with E-state index in [1.165, 1.54) is 24.3 Å². The zero-order chi connectivity index (χ0) is 19.6. The van der Waals surface area contributed by atoms with Gasteiger partial charge in [0.15, 0.2) is 0 Å². The Morgan fingerprint density at radius 2 is 1.89 bits per heavy atom. The Bertz CT molecular complexity index is 834. The fourth-order valence-electron chi connectivity index (χ4n) is 2.57. The lowest BCUT2D eigenvalue weighted by Gasteiger charge is -2.25. The number of alkyl halides is 3. The molecule has 1 aliphatic heterocycles. The lowest BCUT2D eigenvalue weighted by atomic mass is 10.2. The number of carbonyl (C=O) groups is 1. The number of rotatable bonds is 3. The Morgan fingerprint density at radius 1 is 1.19 bits per heavy atom. The average molecular weight is 453 g/mol. The second kappa shape index (κ2) is 8.43. The van der Waals surface area contributed by atoms with Crippen LogP contribution in [0.2, 0.25) is 10.0 Å². The first-order valence-electron chi connectivity index (χ1n) is 7.73. The van der Waals surface area contributed by atoms with Gasteiger partial charge in [-0.2, -0.15) is 13.2 Å². The minimum absolute atomic E-state index is 0.0584. The van der Waals surface area contributed by atoms with E-state index in [2.05, 4.69) is 5.32 Å². The number of urea groups is 1. The van der Waals surface area contributed by atoms with Crippen molar-refractivity contribution in [1.29, 1.82) is 0 Å². The van der Waals surface area contributed by atoms with Gasteiger partial charge in [-0.25, -0.2) is 4.79 Å². The van der Waals surface area contributed by atoms with E-state index in [1.54, 1.807) is 34.9 Å². The Kier molecular flexibility index (Phi) is 6.40. The second-order valence-corrected chi connectivity index (χ2v) is 8.75. The molecule has 2 aromatic carbocycles. The number of carbonyl (C=O) groups excluding carboxylic acids is 1. The third-order valence-electron chi connectivity index (χ3n) is 3.72. The molecule has 27 heavy (non-hydrogen) atoms. The highest BCUT2D eigenvalue weighted by Crippen LogP contribution is 2.42. The molecule has 0 spiro atoms. The zero-order valence-corrected chi connectivity index (χ0v) is 16.7. The van der Waals surface area contributed by atoms with Crippen LogP contribution in [-0.4, -0.2) is 28.7 Å². The van der Waals surface area contributed by atoms with Crippen molar-refractivity contribution in [2.75, 3.05) is 17.6 Å². The fraction of sp³-hybridized carbons (Fsp3) is 0.235. The van der Waals surface area contributed by atoms with Crippen LogP contribution in [0.25, 0.3) is 0 Å². The molecule has 0 bridgehead atoms.